The molecule has 0 saturated carbocycles. The quantitative estimate of drug-likeness (QED) is 0.598. The van der Waals surface area contributed by atoms with Gasteiger partial charge < -0.3 is 10.5 Å². The van der Waals surface area contributed by atoms with E-state index in [1.54, 1.807) is 6.08 Å². The standard InChI is InChI=1S/C20H25NO2/c1-5-6-7-16(3)18-9-11-19(12-10-18)23-17(4)14-15(2)8-13-20(21)22/h5-14,17H,1-4H3,(H2,21,22)/b6-5-,13-8+,15-14+,16-7+. The number of hydrogen-bond donors (Lipinski definition) is 1. The molecule has 1 atom stereocenters. The predicted octanol–water partition coefficient (Wildman–Crippen LogP) is 4.42. The van der Waals surface area contributed by atoms with Crippen LogP contribution in [0.2, 0.25) is 0 Å². The number of carbonyl (C=O) groups excluding carboxylic acids is 1. The second-order valence-corrected chi connectivity index (χ2v) is 5.37. The van der Waals surface area contributed by atoms with Crippen molar-refractivity contribution in [1.82, 2.24) is 0 Å². The summed E-state index contributed by atoms with van der Waals surface area (Å²) in [7, 11) is 0. The van der Waals surface area contributed by atoms with Crippen LogP contribution in [0.4, 0.5) is 0 Å². The molecule has 0 aliphatic heterocycles. The number of hydrogen-bond acceptors (Lipinski definition) is 2. The molecule has 0 aliphatic rings. The molecule has 0 saturated heterocycles. The lowest BCUT2D eigenvalue weighted by molar-refractivity contribution is -0.113. The van der Waals surface area contributed by atoms with E-state index in [0.29, 0.717) is 0 Å². The third-order valence-corrected chi connectivity index (χ3v) is 3.18. The number of benzene rings is 1. The molecule has 0 aromatic heterocycles. The van der Waals surface area contributed by atoms with E-state index in [9.17, 15) is 4.79 Å². The monoisotopic (exact) mass is 311 g/mol. The molecular formula is C20H25NO2. The van der Waals surface area contributed by atoms with Gasteiger partial charge in [0, 0.05) is 6.08 Å². The summed E-state index contributed by atoms with van der Waals surface area (Å²) in [6.07, 6.45) is 11.0. The smallest absolute Gasteiger partial charge is 0.241 e. The third-order valence-electron chi connectivity index (χ3n) is 3.18. The molecular weight excluding hydrogens is 286 g/mol. The summed E-state index contributed by atoms with van der Waals surface area (Å²) in [6, 6.07) is 8.00. The van der Waals surface area contributed by atoms with Gasteiger partial charge in [-0.3, -0.25) is 4.79 Å². The van der Waals surface area contributed by atoms with Gasteiger partial charge in [-0.25, -0.2) is 0 Å². The third kappa shape index (κ3) is 7.32. The minimum Gasteiger partial charge on any atom is -0.487 e. The maximum atomic E-state index is 10.7. The van der Waals surface area contributed by atoms with Crippen LogP contribution in [0.3, 0.4) is 0 Å². The van der Waals surface area contributed by atoms with Crippen molar-refractivity contribution in [2.45, 2.75) is 33.8 Å². The van der Waals surface area contributed by atoms with Crippen molar-refractivity contribution in [3.63, 3.8) is 0 Å². The molecule has 0 fully saturated rings. The molecule has 0 bridgehead atoms. The van der Waals surface area contributed by atoms with Crippen LogP contribution in [0.15, 0.2) is 66.3 Å². The van der Waals surface area contributed by atoms with Crippen LogP contribution in [0.1, 0.15) is 33.3 Å². The molecule has 122 valence electrons. The lowest BCUT2D eigenvalue weighted by Crippen LogP contribution is -2.09. The molecule has 1 rings (SSSR count). The molecule has 2 N–H and O–H groups in total. The summed E-state index contributed by atoms with van der Waals surface area (Å²) in [5.41, 5.74) is 8.37. The molecule has 0 radical (unpaired) electrons. The maximum Gasteiger partial charge on any atom is 0.241 e. The van der Waals surface area contributed by atoms with E-state index in [1.165, 1.54) is 17.2 Å². The van der Waals surface area contributed by atoms with Crippen molar-refractivity contribution in [2.24, 2.45) is 5.73 Å². The van der Waals surface area contributed by atoms with Crippen LogP contribution in [-0.4, -0.2) is 12.0 Å². The van der Waals surface area contributed by atoms with Crippen molar-refractivity contribution >= 4 is 11.5 Å². The van der Waals surface area contributed by atoms with Crippen LogP contribution in [0.5, 0.6) is 5.75 Å². The topological polar surface area (TPSA) is 52.3 Å². The average molecular weight is 311 g/mol. The second-order valence-electron chi connectivity index (χ2n) is 5.37. The lowest BCUT2D eigenvalue weighted by atomic mass is 10.1. The zero-order chi connectivity index (χ0) is 17.2. The Bertz CT molecular complexity index is 634. The van der Waals surface area contributed by atoms with E-state index in [4.69, 9.17) is 10.5 Å². The number of primary amides is 1. The first kappa shape index (κ1) is 18.5. The second kappa shape index (κ2) is 9.46. The number of carbonyl (C=O) groups is 1. The molecule has 1 unspecified atom stereocenters. The average Bonchev–Trinajstić information content (AvgIpc) is 2.51. The van der Waals surface area contributed by atoms with Crippen LogP contribution in [0, 0.1) is 0 Å². The Balaban J connectivity index is 2.71. The highest BCUT2D eigenvalue weighted by Crippen LogP contribution is 2.19. The Labute approximate surface area is 138 Å². The van der Waals surface area contributed by atoms with Gasteiger partial charge in [0.05, 0.1) is 0 Å². The van der Waals surface area contributed by atoms with Gasteiger partial charge in [0.15, 0.2) is 0 Å². The molecule has 1 aromatic rings. The van der Waals surface area contributed by atoms with Gasteiger partial charge in [0.1, 0.15) is 11.9 Å². The first-order valence-corrected chi connectivity index (χ1v) is 7.65. The van der Waals surface area contributed by atoms with Crippen molar-refractivity contribution in [2.75, 3.05) is 0 Å². The van der Waals surface area contributed by atoms with E-state index in [-0.39, 0.29) is 6.10 Å². The maximum absolute atomic E-state index is 10.7. The van der Waals surface area contributed by atoms with Crippen molar-refractivity contribution < 1.29 is 9.53 Å². The van der Waals surface area contributed by atoms with Crippen LogP contribution < -0.4 is 10.5 Å². The van der Waals surface area contributed by atoms with E-state index >= 15 is 0 Å². The predicted molar refractivity (Wildman–Crippen MR) is 97.1 cm³/mol. The number of ether oxygens (including phenoxy) is 1. The van der Waals surface area contributed by atoms with Gasteiger partial charge >= 0.3 is 0 Å². The summed E-state index contributed by atoms with van der Waals surface area (Å²) in [5.74, 6) is 0.353. The minimum atomic E-state index is -0.455. The fourth-order valence-electron chi connectivity index (χ4n) is 2.02. The van der Waals surface area contributed by atoms with E-state index in [0.717, 1.165) is 11.3 Å². The highest BCUT2D eigenvalue weighted by molar-refractivity contribution is 5.86. The Morgan fingerprint density at radius 1 is 1.17 bits per heavy atom. The Morgan fingerprint density at radius 2 is 1.83 bits per heavy atom. The van der Waals surface area contributed by atoms with Gasteiger partial charge in [-0.2, -0.15) is 0 Å². The van der Waals surface area contributed by atoms with Gasteiger partial charge in [-0.15, -0.1) is 0 Å². The SMILES string of the molecule is C/C=C\C=C(/C)c1ccc(OC(C)/C=C(C)/C=C/C(N)=O)cc1. The van der Waals surface area contributed by atoms with Crippen molar-refractivity contribution in [3.8, 4) is 5.75 Å². The summed E-state index contributed by atoms with van der Waals surface area (Å²) in [6.45, 7) is 7.93. The van der Waals surface area contributed by atoms with E-state index < -0.39 is 5.91 Å². The number of amides is 1. The molecule has 1 amide bonds. The van der Waals surface area contributed by atoms with Gasteiger partial charge in [0.2, 0.25) is 5.91 Å². The first-order valence-electron chi connectivity index (χ1n) is 7.65. The molecule has 3 heteroatoms. The largest absolute Gasteiger partial charge is 0.487 e. The molecule has 0 spiro atoms. The fraction of sp³-hybridized carbons (Fsp3) is 0.250. The number of nitrogens with two attached hydrogens (primary N) is 1. The normalized spacial score (nSPS) is 14.4. The van der Waals surface area contributed by atoms with Crippen LogP contribution in [-0.2, 0) is 4.79 Å². The summed E-state index contributed by atoms with van der Waals surface area (Å²) in [4.78, 5) is 10.7. The van der Waals surface area contributed by atoms with Crippen molar-refractivity contribution in [1.29, 1.82) is 0 Å². The zero-order valence-electron chi connectivity index (χ0n) is 14.2. The van der Waals surface area contributed by atoms with Gasteiger partial charge in [-0.1, -0.05) is 42.0 Å². The fourth-order valence-corrected chi connectivity index (χ4v) is 2.02. The molecule has 23 heavy (non-hydrogen) atoms. The summed E-state index contributed by atoms with van der Waals surface area (Å²) >= 11 is 0. The Morgan fingerprint density at radius 3 is 2.39 bits per heavy atom. The highest BCUT2D eigenvalue weighted by atomic mass is 16.5. The van der Waals surface area contributed by atoms with Crippen molar-refractivity contribution in [3.05, 3.63) is 71.9 Å². The zero-order valence-corrected chi connectivity index (χ0v) is 14.2. The van der Waals surface area contributed by atoms with E-state index in [2.05, 4.69) is 13.0 Å². The van der Waals surface area contributed by atoms with Gasteiger partial charge in [0.25, 0.3) is 0 Å². The summed E-state index contributed by atoms with van der Waals surface area (Å²) < 4.78 is 5.85. The minimum absolute atomic E-state index is 0.0990. The number of rotatable bonds is 7. The molecule has 3 nitrogen and oxygen atoms in total. The van der Waals surface area contributed by atoms with Gasteiger partial charge in [-0.05, 0) is 57.0 Å². The van der Waals surface area contributed by atoms with E-state index in [1.807, 2.05) is 63.3 Å². The Kier molecular flexibility index (Phi) is 7.61. The van der Waals surface area contributed by atoms with Crippen LogP contribution >= 0.6 is 0 Å². The molecule has 1 aromatic carbocycles. The number of allylic oxidation sites excluding steroid dienone is 6. The molecule has 0 heterocycles. The molecule has 0 aliphatic carbocycles. The summed E-state index contributed by atoms with van der Waals surface area (Å²) in [5, 5.41) is 0. The lowest BCUT2D eigenvalue weighted by Gasteiger charge is -2.12. The highest BCUT2D eigenvalue weighted by Gasteiger charge is 2.02. The Hall–Kier alpha value is -2.55. The first-order chi connectivity index (χ1) is 10.9. The van der Waals surface area contributed by atoms with Crippen LogP contribution in [0.25, 0.3) is 5.57 Å².